The van der Waals surface area contributed by atoms with Crippen LogP contribution < -0.4 is 5.32 Å². The molecule has 1 N–H and O–H groups in total. The quantitative estimate of drug-likeness (QED) is 0.779. The van der Waals surface area contributed by atoms with E-state index in [1.807, 2.05) is 12.5 Å². The number of imidazole rings is 1. The SMILES string of the molecule is COC(OC)c1cncn1C1CCCNC1. The van der Waals surface area contributed by atoms with Crippen LogP contribution in [0.5, 0.6) is 0 Å². The molecule has 2 heterocycles. The molecule has 0 saturated carbocycles. The second-order valence-corrected chi connectivity index (χ2v) is 4.03. The van der Waals surface area contributed by atoms with Gasteiger partial charge in [0, 0.05) is 26.8 Å². The minimum absolute atomic E-state index is 0.329. The van der Waals surface area contributed by atoms with Gasteiger partial charge in [0.05, 0.1) is 18.2 Å². The van der Waals surface area contributed by atoms with Crippen molar-refractivity contribution in [3.8, 4) is 0 Å². The van der Waals surface area contributed by atoms with Gasteiger partial charge in [0.25, 0.3) is 0 Å². The van der Waals surface area contributed by atoms with Gasteiger partial charge in [-0.2, -0.15) is 0 Å². The van der Waals surface area contributed by atoms with Gasteiger partial charge < -0.3 is 19.4 Å². The molecule has 1 aliphatic rings. The second kappa shape index (κ2) is 5.43. The van der Waals surface area contributed by atoms with Crippen LogP contribution in [-0.4, -0.2) is 36.9 Å². The Morgan fingerprint density at radius 2 is 2.31 bits per heavy atom. The summed E-state index contributed by atoms with van der Waals surface area (Å²) in [5.41, 5.74) is 0.985. The lowest BCUT2D eigenvalue weighted by Crippen LogP contribution is -2.32. The van der Waals surface area contributed by atoms with Crippen molar-refractivity contribution in [1.29, 1.82) is 0 Å². The number of piperidine rings is 1. The summed E-state index contributed by atoms with van der Waals surface area (Å²) in [4.78, 5) is 4.19. The monoisotopic (exact) mass is 225 g/mol. The Bertz CT molecular complexity index is 317. The normalized spacial score (nSPS) is 21.6. The third-order valence-corrected chi connectivity index (χ3v) is 3.03. The van der Waals surface area contributed by atoms with Crippen LogP contribution in [0.15, 0.2) is 12.5 Å². The number of nitrogens with zero attached hydrogens (tertiary/aromatic N) is 2. The van der Waals surface area contributed by atoms with E-state index in [0.717, 1.165) is 18.8 Å². The first-order valence-electron chi connectivity index (χ1n) is 5.65. The van der Waals surface area contributed by atoms with E-state index in [1.54, 1.807) is 14.2 Å². The zero-order chi connectivity index (χ0) is 11.4. The fourth-order valence-electron chi connectivity index (χ4n) is 2.21. The number of rotatable bonds is 4. The van der Waals surface area contributed by atoms with Crippen molar-refractivity contribution in [2.24, 2.45) is 0 Å². The van der Waals surface area contributed by atoms with Crippen molar-refractivity contribution < 1.29 is 9.47 Å². The molecule has 0 radical (unpaired) electrons. The van der Waals surface area contributed by atoms with E-state index >= 15 is 0 Å². The van der Waals surface area contributed by atoms with Crippen LogP contribution >= 0.6 is 0 Å². The minimum atomic E-state index is -0.329. The Morgan fingerprint density at radius 1 is 1.50 bits per heavy atom. The lowest BCUT2D eigenvalue weighted by molar-refractivity contribution is -0.111. The topological polar surface area (TPSA) is 48.3 Å². The highest BCUT2D eigenvalue weighted by atomic mass is 16.7. The summed E-state index contributed by atoms with van der Waals surface area (Å²) in [5, 5.41) is 3.40. The van der Waals surface area contributed by atoms with Crippen molar-refractivity contribution in [2.45, 2.75) is 25.2 Å². The van der Waals surface area contributed by atoms with Gasteiger partial charge in [-0.05, 0) is 19.4 Å². The zero-order valence-electron chi connectivity index (χ0n) is 9.85. The van der Waals surface area contributed by atoms with E-state index in [1.165, 1.54) is 12.8 Å². The van der Waals surface area contributed by atoms with Crippen molar-refractivity contribution in [1.82, 2.24) is 14.9 Å². The first-order valence-corrected chi connectivity index (χ1v) is 5.65. The number of hydrogen-bond acceptors (Lipinski definition) is 4. The van der Waals surface area contributed by atoms with Crippen LogP contribution in [0.1, 0.15) is 30.9 Å². The van der Waals surface area contributed by atoms with Gasteiger partial charge in [-0.15, -0.1) is 0 Å². The molecule has 2 rings (SSSR count). The van der Waals surface area contributed by atoms with E-state index in [-0.39, 0.29) is 6.29 Å². The molecule has 5 nitrogen and oxygen atoms in total. The van der Waals surface area contributed by atoms with Crippen molar-refractivity contribution in [3.05, 3.63) is 18.2 Å². The van der Waals surface area contributed by atoms with Crippen LogP contribution in [0.4, 0.5) is 0 Å². The van der Waals surface area contributed by atoms with E-state index in [4.69, 9.17) is 9.47 Å². The second-order valence-electron chi connectivity index (χ2n) is 4.03. The minimum Gasteiger partial charge on any atom is -0.350 e. The van der Waals surface area contributed by atoms with Crippen LogP contribution in [0.3, 0.4) is 0 Å². The van der Waals surface area contributed by atoms with Crippen molar-refractivity contribution in [2.75, 3.05) is 27.3 Å². The molecule has 1 atom stereocenters. The lowest BCUT2D eigenvalue weighted by atomic mass is 10.1. The molecule has 5 heteroatoms. The van der Waals surface area contributed by atoms with Crippen LogP contribution in [-0.2, 0) is 9.47 Å². The average Bonchev–Trinajstić information content (AvgIpc) is 2.81. The molecule has 1 aliphatic heterocycles. The predicted molar refractivity (Wildman–Crippen MR) is 60.1 cm³/mol. The predicted octanol–water partition coefficient (Wildman–Crippen LogP) is 1.10. The van der Waals surface area contributed by atoms with Gasteiger partial charge in [-0.3, -0.25) is 0 Å². The molecular formula is C11H19N3O2. The maximum Gasteiger partial charge on any atom is 0.200 e. The molecule has 0 bridgehead atoms. The molecule has 1 saturated heterocycles. The summed E-state index contributed by atoms with van der Waals surface area (Å²) in [6.45, 7) is 2.10. The number of hydrogen-bond donors (Lipinski definition) is 1. The molecule has 1 aromatic rings. The van der Waals surface area contributed by atoms with Crippen molar-refractivity contribution >= 4 is 0 Å². The Balaban J connectivity index is 2.16. The maximum absolute atomic E-state index is 5.27. The molecule has 0 aliphatic carbocycles. The first-order chi connectivity index (χ1) is 7.86. The summed E-state index contributed by atoms with van der Waals surface area (Å²) in [7, 11) is 3.29. The van der Waals surface area contributed by atoms with Gasteiger partial charge in [0.1, 0.15) is 0 Å². The fraction of sp³-hybridized carbons (Fsp3) is 0.727. The largest absolute Gasteiger partial charge is 0.350 e. The molecular weight excluding hydrogens is 206 g/mol. The van der Waals surface area contributed by atoms with Gasteiger partial charge >= 0.3 is 0 Å². The maximum atomic E-state index is 5.27. The molecule has 0 aromatic carbocycles. The fourth-order valence-corrected chi connectivity index (χ4v) is 2.21. The third kappa shape index (κ3) is 2.26. The average molecular weight is 225 g/mol. The standard InChI is InChI=1S/C11H19N3O2/c1-15-11(16-2)10-7-13-8-14(10)9-4-3-5-12-6-9/h7-9,11-12H,3-6H2,1-2H3. The zero-order valence-corrected chi connectivity index (χ0v) is 9.85. The van der Waals surface area contributed by atoms with Crippen LogP contribution in [0.25, 0.3) is 0 Å². The molecule has 0 amide bonds. The Hall–Kier alpha value is -0.910. The highest BCUT2D eigenvalue weighted by Crippen LogP contribution is 2.24. The number of aromatic nitrogens is 2. The molecule has 16 heavy (non-hydrogen) atoms. The summed E-state index contributed by atoms with van der Waals surface area (Å²) in [6, 6.07) is 0.457. The summed E-state index contributed by atoms with van der Waals surface area (Å²) in [5.74, 6) is 0. The highest BCUT2D eigenvalue weighted by molar-refractivity contribution is 5.03. The van der Waals surface area contributed by atoms with E-state index < -0.39 is 0 Å². The molecule has 1 unspecified atom stereocenters. The third-order valence-electron chi connectivity index (χ3n) is 3.03. The number of nitrogens with one attached hydrogen (secondary N) is 1. The van der Waals surface area contributed by atoms with Gasteiger partial charge in [0.15, 0.2) is 6.29 Å². The smallest absolute Gasteiger partial charge is 0.200 e. The first kappa shape index (κ1) is 11.6. The number of methoxy groups -OCH3 is 2. The summed E-state index contributed by atoms with van der Waals surface area (Å²) < 4.78 is 12.7. The molecule has 0 spiro atoms. The molecule has 1 aromatic heterocycles. The van der Waals surface area contributed by atoms with E-state index in [0.29, 0.717) is 6.04 Å². The molecule has 90 valence electrons. The van der Waals surface area contributed by atoms with Gasteiger partial charge in [-0.1, -0.05) is 0 Å². The van der Waals surface area contributed by atoms with E-state index in [9.17, 15) is 0 Å². The highest BCUT2D eigenvalue weighted by Gasteiger charge is 2.21. The number of ether oxygens (including phenoxy) is 2. The lowest BCUT2D eigenvalue weighted by Gasteiger charge is -2.27. The Kier molecular flexibility index (Phi) is 3.93. The Labute approximate surface area is 95.8 Å². The molecule has 1 fully saturated rings. The van der Waals surface area contributed by atoms with Crippen LogP contribution in [0, 0.1) is 0 Å². The van der Waals surface area contributed by atoms with Crippen molar-refractivity contribution in [3.63, 3.8) is 0 Å². The van der Waals surface area contributed by atoms with Gasteiger partial charge in [-0.25, -0.2) is 4.98 Å². The van der Waals surface area contributed by atoms with Crippen LogP contribution in [0.2, 0.25) is 0 Å². The van der Waals surface area contributed by atoms with E-state index in [2.05, 4.69) is 14.9 Å². The summed E-state index contributed by atoms with van der Waals surface area (Å²) in [6.07, 6.45) is 5.72. The van der Waals surface area contributed by atoms with Gasteiger partial charge in [0.2, 0.25) is 0 Å². The summed E-state index contributed by atoms with van der Waals surface area (Å²) >= 11 is 0. The Morgan fingerprint density at radius 3 is 2.94 bits per heavy atom.